The average molecular weight is 300 g/mol. The maximum atomic E-state index is 5.65. The van der Waals surface area contributed by atoms with E-state index in [2.05, 4.69) is 49.6 Å². The van der Waals surface area contributed by atoms with Crippen LogP contribution in [-0.2, 0) is 15.9 Å². The summed E-state index contributed by atoms with van der Waals surface area (Å²) in [5.41, 5.74) is 2.85. The number of epoxide rings is 1. The SMILES string of the molecule is C=CCOCC=C.F.c1cc2c3c(cccc3c1)C1OC1C2. The van der Waals surface area contributed by atoms with Gasteiger partial charge in [-0.25, -0.2) is 0 Å². The zero-order valence-electron chi connectivity index (χ0n) is 12.5. The minimum Gasteiger partial charge on any atom is -0.373 e. The van der Waals surface area contributed by atoms with Crippen molar-refractivity contribution in [2.75, 3.05) is 13.2 Å². The minimum absolute atomic E-state index is 0. The van der Waals surface area contributed by atoms with Crippen molar-refractivity contribution in [3.8, 4) is 0 Å². The molecule has 4 rings (SSSR count). The van der Waals surface area contributed by atoms with Crippen molar-refractivity contribution in [1.29, 1.82) is 0 Å². The van der Waals surface area contributed by atoms with Gasteiger partial charge in [0.05, 0.1) is 19.3 Å². The van der Waals surface area contributed by atoms with Gasteiger partial charge in [-0.05, 0) is 21.9 Å². The maximum Gasteiger partial charge on any atom is 0.110 e. The van der Waals surface area contributed by atoms with E-state index >= 15 is 0 Å². The van der Waals surface area contributed by atoms with Crippen LogP contribution in [0.3, 0.4) is 0 Å². The summed E-state index contributed by atoms with van der Waals surface area (Å²) in [7, 11) is 0. The van der Waals surface area contributed by atoms with Crippen LogP contribution in [0, 0.1) is 0 Å². The lowest BCUT2D eigenvalue weighted by molar-refractivity contribution is 0.194. The molecule has 116 valence electrons. The Labute approximate surface area is 130 Å². The number of ether oxygens (including phenoxy) is 2. The molecule has 2 aromatic carbocycles. The van der Waals surface area contributed by atoms with Gasteiger partial charge in [-0.2, -0.15) is 0 Å². The third-order valence-electron chi connectivity index (χ3n) is 3.80. The molecular weight excluding hydrogens is 279 g/mol. The van der Waals surface area contributed by atoms with E-state index in [1.807, 2.05) is 0 Å². The number of hydrogen-bond donors (Lipinski definition) is 0. The predicted molar refractivity (Wildman–Crippen MR) is 89.0 cm³/mol. The fourth-order valence-corrected chi connectivity index (χ4v) is 2.88. The monoisotopic (exact) mass is 300 g/mol. The highest BCUT2D eigenvalue weighted by Gasteiger charge is 2.44. The van der Waals surface area contributed by atoms with Crippen LogP contribution in [0.15, 0.2) is 61.7 Å². The van der Waals surface area contributed by atoms with Gasteiger partial charge in [0.1, 0.15) is 6.10 Å². The van der Waals surface area contributed by atoms with Gasteiger partial charge in [0.15, 0.2) is 0 Å². The molecule has 0 spiro atoms. The Kier molecular flexibility index (Phi) is 5.47. The van der Waals surface area contributed by atoms with Crippen molar-refractivity contribution in [2.45, 2.75) is 18.6 Å². The number of halogens is 1. The maximum absolute atomic E-state index is 5.65. The van der Waals surface area contributed by atoms with Gasteiger partial charge in [-0.15, -0.1) is 13.2 Å². The van der Waals surface area contributed by atoms with Crippen LogP contribution >= 0.6 is 0 Å². The van der Waals surface area contributed by atoms with E-state index in [-0.39, 0.29) is 4.70 Å². The Balaban J connectivity index is 0.000000194. The van der Waals surface area contributed by atoms with Crippen molar-refractivity contribution in [3.63, 3.8) is 0 Å². The summed E-state index contributed by atoms with van der Waals surface area (Å²) < 4.78 is 10.5. The first kappa shape index (κ1) is 16.4. The van der Waals surface area contributed by atoms with Gasteiger partial charge in [0.2, 0.25) is 0 Å². The molecule has 1 saturated heterocycles. The van der Waals surface area contributed by atoms with Crippen LogP contribution in [0.4, 0.5) is 4.70 Å². The van der Waals surface area contributed by atoms with E-state index < -0.39 is 0 Å². The van der Waals surface area contributed by atoms with Crippen molar-refractivity contribution >= 4 is 10.8 Å². The quantitative estimate of drug-likeness (QED) is 0.475. The highest BCUT2D eigenvalue weighted by molar-refractivity contribution is 5.90. The van der Waals surface area contributed by atoms with Gasteiger partial charge in [0.25, 0.3) is 0 Å². The van der Waals surface area contributed by atoms with E-state index in [1.54, 1.807) is 12.2 Å². The molecule has 2 atom stereocenters. The topological polar surface area (TPSA) is 21.8 Å². The van der Waals surface area contributed by atoms with Gasteiger partial charge >= 0.3 is 0 Å². The van der Waals surface area contributed by atoms with E-state index in [4.69, 9.17) is 9.47 Å². The highest BCUT2D eigenvalue weighted by Crippen LogP contribution is 2.48. The fourth-order valence-electron chi connectivity index (χ4n) is 2.88. The highest BCUT2D eigenvalue weighted by atomic mass is 19.0. The second kappa shape index (κ2) is 7.34. The average Bonchev–Trinajstić information content (AvgIpc) is 3.29. The van der Waals surface area contributed by atoms with Crippen LogP contribution in [0.2, 0.25) is 0 Å². The van der Waals surface area contributed by atoms with Gasteiger partial charge in [-0.3, -0.25) is 4.70 Å². The number of hydrogen-bond acceptors (Lipinski definition) is 2. The zero-order chi connectivity index (χ0) is 14.7. The molecule has 1 aliphatic heterocycles. The Hall–Kier alpha value is -1.97. The first-order chi connectivity index (χ1) is 10.3. The largest absolute Gasteiger partial charge is 0.373 e. The molecule has 0 radical (unpaired) electrons. The third-order valence-corrected chi connectivity index (χ3v) is 3.80. The lowest BCUT2D eigenvalue weighted by Crippen LogP contribution is -2.03. The summed E-state index contributed by atoms with van der Waals surface area (Å²) in [5.74, 6) is 0. The summed E-state index contributed by atoms with van der Waals surface area (Å²) in [6.07, 6.45) is 5.38. The summed E-state index contributed by atoms with van der Waals surface area (Å²) >= 11 is 0. The van der Waals surface area contributed by atoms with E-state index in [0.717, 1.165) is 6.42 Å². The molecule has 2 unspecified atom stereocenters. The van der Waals surface area contributed by atoms with Crippen molar-refractivity contribution in [1.82, 2.24) is 0 Å². The first-order valence-corrected chi connectivity index (χ1v) is 7.30. The minimum atomic E-state index is 0. The summed E-state index contributed by atoms with van der Waals surface area (Å²) in [4.78, 5) is 0. The van der Waals surface area contributed by atoms with E-state index in [0.29, 0.717) is 25.4 Å². The molecule has 2 aromatic rings. The molecule has 2 aliphatic rings. The number of fused-ring (bicyclic) bond motifs is 2. The van der Waals surface area contributed by atoms with Crippen molar-refractivity contribution < 1.29 is 14.2 Å². The fraction of sp³-hybridized carbons (Fsp3) is 0.263. The van der Waals surface area contributed by atoms with Crippen LogP contribution in [-0.4, -0.2) is 19.3 Å². The zero-order valence-corrected chi connectivity index (χ0v) is 12.5. The molecule has 1 fully saturated rings. The van der Waals surface area contributed by atoms with Gasteiger partial charge < -0.3 is 9.47 Å². The first-order valence-electron chi connectivity index (χ1n) is 7.30. The molecule has 0 aromatic heterocycles. The molecule has 22 heavy (non-hydrogen) atoms. The summed E-state index contributed by atoms with van der Waals surface area (Å²) in [6.45, 7) is 8.18. The molecule has 2 nitrogen and oxygen atoms in total. The van der Waals surface area contributed by atoms with Crippen LogP contribution in [0.5, 0.6) is 0 Å². The van der Waals surface area contributed by atoms with Crippen LogP contribution < -0.4 is 0 Å². The molecule has 1 aliphatic carbocycles. The molecule has 1 heterocycles. The Morgan fingerprint density at radius 2 is 1.77 bits per heavy atom. The molecular formula is C19H21FO2. The smallest absolute Gasteiger partial charge is 0.110 e. The molecule has 0 amide bonds. The molecule has 0 bridgehead atoms. The summed E-state index contributed by atoms with van der Waals surface area (Å²) in [5, 5.41) is 2.79. The van der Waals surface area contributed by atoms with Crippen LogP contribution in [0.1, 0.15) is 17.2 Å². The number of benzene rings is 2. The van der Waals surface area contributed by atoms with E-state index in [1.165, 1.54) is 21.9 Å². The molecule has 0 saturated carbocycles. The lowest BCUT2D eigenvalue weighted by Gasteiger charge is -2.13. The second-order valence-electron chi connectivity index (χ2n) is 5.28. The Morgan fingerprint density at radius 1 is 1.09 bits per heavy atom. The van der Waals surface area contributed by atoms with Crippen LogP contribution in [0.25, 0.3) is 10.8 Å². The number of rotatable bonds is 4. The Bertz CT molecular complexity index is 652. The predicted octanol–water partition coefficient (Wildman–Crippen LogP) is 4.36. The van der Waals surface area contributed by atoms with Crippen molar-refractivity contribution in [2.24, 2.45) is 0 Å². The van der Waals surface area contributed by atoms with Gasteiger partial charge in [-0.1, -0.05) is 48.6 Å². The van der Waals surface area contributed by atoms with Gasteiger partial charge in [0, 0.05) is 6.42 Å². The molecule has 3 heteroatoms. The van der Waals surface area contributed by atoms with Crippen molar-refractivity contribution in [3.05, 3.63) is 72.8 Å². The third kappa shape index (κ3) is 3.26. The molecule has 0 N–H and O–H groups in total. The standard InChI is InChI=1S/C13H10O.C6H10O.FH/c1-3-8-4-2-6-10-12(8)9(5-1)7-11-13(10)14-11;1-3-5-7-6-4-2;/h1-6,11,13H,7H2;3-4H,1-2,5-6H2;1H. The second-order valence-corrected chi connectivity index (χ2v) is 5.28. The summed E-state index contributed by atoms with van der Waals surface area (Å²) in [6, 6.07) is 13.1. The Morgan fingerprint density at radius 3 is 2.45 bits per heavy atom. The normalized spacial score (nSPS) is 20.0. The van der Waals surface area contributed by atoms with E-state index in [9.17, 15) is 0 Å². The lowest BCUT2D eigenvalue weighted by atomic mass is 9.89.